The Morgan fingerprint density at radius 3 is 2.22 bits per heavy atom. The van der Waals surface area contributed by atoms with Crippen molar-refractivity contribution in [2.45, 2.75) is 159 Å². The van der Waals surface area contributed by atoms with Crippen molar-refractivity contribution in [2.75, 3.05) is 0 Å². The van der Waals surface area contributed by atoms with Gasteiger partial charge in [0.1, 0.15) is 6.10 Å². The third-order valence-corrected chi connectivity index (χ3v) is 7.22. The number of esters is 1. The molecule has 0 unspecified atom stereocenters. The zero-order valence-corrected chi connectivity index (χ0v) is 20.6. The standard InChI is InChI=1S/C26H46O6/c1-4-5-6-7-8-9-10-11-12-23-24(32-26(2,3)31-23)14-13-19(27)20-15-16-21(29-20)22-17-18-25(28)30-22/h19-24,27H,4-18H2,1-3H3/t19-,20+,21+,22+,23-,24+/m0/s1. The predicted octanol–water partition coefficient (Wildman–Crippen LogP) is 5.43. The summed E-state index contributed by atoms with van der Waals surface area (Å²) < 4.78 is 23.8. The van der Waals surface area contributed by atoms with E-state index in [1.54, 1.807) is 0 Å². The maximum Gasteiger partial charge on any atom is 0.306 e. The molecule has 186 valence electrons. The third kappa shape index (κ3) is 7.96. The minimum atomic E-state index is -0.554. The van der Waals surface area contributed by atoms with Crippen molar-refractivity contribution in [3.05, 3.63) is 0 Å². The topological polar surface area (TPSA) is 74.2 Å². The summed E-state index contributed by atoms with van der Waals surface area (Å²) in [6, 6.07) is 0. The van der Waals surface area contributed by atoms with Crippen LogP contribution >= 0.6 is 0 Å². The number of aliphatic hydroxyl groups is 1. The molecule has 0 radical (unpaired) electrons. The van der Waals surface area contributed by atoms with Gasteiger partial charge >= 0.3 is 5.97 Å². The van der Waals surface area contributed by atoms with Crippen LogP contribution in [0.1, 0.15) is 117 Å². The average molecular weight is 455 g/mol. The molecule has 3 fully saturated rings. The van der Waals surface area contributed by atoms with Crippen LogP contribution in [0.3, 0.4) is 0 Å². The highest BCUT2D eigenvalue weighted by atomic mass is 16.7. The van der Waals surface area contributed by atoms with Crippen LogP contribution in [0.4, 0.5) is 0 Å². The fourth-order valence-electron chi connectivity index (χ4n) is 5.45. The molecule has 3 aliphatic heterocycles. The lowest BCUT2D eigenvalue weighted by molar-refractivity contribution is -0.150. The minimum Gasteiger partial charge on any atom is -0.460 e. The summed E-state index contributed by atoms with van der Waals surface area (Å²) in [7, 11) is 0. The van der Waals surface area contributed by atoms with E-state index in [1.165, 1.54) is 51.4 Å². The van der Waals surface area contributed by atoms with Gasteiger partial charge in [0.25, 0.3) is 0 Å². The Morgan fingerprint density at radius 1 is 0.906 bits per heavy atom. The highest BCUT2D eigenvalue weighted by Crippen LogP contribution is 2.35. The number of cyclic esters (lactones) is 1. The van der Waals surface area contributed by atoms with E-state index in [0.29, 0.717) is 12.8 Å². The molecule has 0 aromatic carbocycles. The molecule has 0 aliphatic carbocycles. The van der Waals surface area contributed by atoms with Gasteiger partial charge in [0.2, 0.25) is 0 Å². The lowest BCUT2D eigenvalue weighted by Gasteiger charge is -2.23. The second-order valence-electron chi connectivity index (χ2n) is 10.5. The van der Waals surface area contributed by atoms with Crippen molar-refractivity contribution >= 4 is 5.97 Å². The van der Waals surface area contributed by atoms with Crippen molar-refractivity contribution in [1.29, 1.82) is 0 Å². The molecular weight excluding hydrogens is 408 g/mol. The first-order valence-electron chi connectivity index (χ1n) is 13.3. The number of hydrogen-bond donors (Lipinski definition) is 1. The first-order chi connectivity index (χ1) is 15.4. The first-order valence-corrected chi connectivity index (χ1v) is 13.3. The van der Waals surface area contributed by atoms with Gasteiger partial charge in [-0.2, -0.15) is 0 Å². The molecule has 3 rings (SSSR count). The van der Waals surface area contributed by atoms with Crippen molar-refractivity contribution in [2.24, 2.45) is 0 Å². The van der Waals surface area contributed by atoms with Crippen molar-refractivity contribution < 1.29 is 28.8 Å². The fourth-order valence-corrected chi connectivity index (χ4v) is 5.45. The van der Waals surface area contributed by atoms with Crippen molar-refractivity contribution in [3.63, 3.8) is 0 Å². The molecule has 1 N–H and O–H groups in total. The smallest absolute Gasteiger partial charge is 0.306 e. The van der Waals surface area contributed by atoms with E-state index >= 15 is 0 Å². The maximum absolute atomic E-state index is 11.4. The number of carbonyl (C=O) groups excluding carboxylic acids is 1. The van der Waals surface area contributed by atoms with Crippen LogP contribution in [0.15, 0.2) is 0 Å². The summed E-state index contributed by atoms with van der Waals surface area (Å²) in [5.74, 6) is -0.687. The monoisotopic (exact) mass is 454 g/mol. The van der Waals surface area contributed by atoms with Crippen LogP contribution in [0, 0.1) is 0 Å². The molecule has 32 heavy (non-hydrogen) atoms. The Kier molecular flexibility index (Phi) is 10.3. The molecule has 0 saturated carbocycles. The molecule has 6 heteroatoms. The van der Waals surface area contributed by atoms with E-state index in [9.17, 15) is 9.90 Å². The lowest BCUT2D eigenvalue weighted by atomic mass is 9.97. The number of hydrogen-bond acceptors (Lipinski definition) is 6. The van der Waals surface area contributed by atoms with E-state index < -0.39 is 11.9 Å². The van der Waals surface area contributed by atoms with Gasteiger partial charge in [-0.15, -0.1) is 0 Å². The molecular formula is C26H46O6. The van der Waals surface area contributed by atoms with Crippen LogP contribution < -0.4 is 0 Å². The Bertz CT molecular complexity index is 565. The summed E-state index contributed by atoms with van der Waals surface area (Å²) in [5.41, 5.74) is 0. The van der Waals surface area contributed by atoms with Gasteiger partial charge in [0.05, 0.1) is 30.5 Å². The van der Waals surface area contributed by atoms with Gasteiger partial charge in [-0.3, -0.25) is 4.79 Å². The summed E-state index contributed by atoms with van der Waals surface area (Å²) in [6.07, 6.45) is 15.0. The van der Waals surface area contributed by atoms with Gasteiger partial charge in [0.15, 0.2) is 5.79 Å². The number of unbranched alkanes of at least 4 members (excludes halogenated alkanes) is 7. The fraction of sp³-hybridized carbons (Fsp3) is 0.962. The molecule has 0 bridgehead atoms. The minimum absolute atomic E-state index is 0.0252. The molecule has 3 saturated heterocycles. The van der Waals surface area contributed by atoms with Crippen molar-refractivity contribution in [3.8, 4) is 0 Å². The van der Waals surface area contributed by atoms with Gasteiger partial charge in [0, 0.05) is 6.42 Å². The van der Waals surface area contributed by atoms with Gasteiger partial charge in [-0.05, 0) is 52.4 Å². The predicted molar refractivity (Wildman–Crippen MR) is 123 cm³/mol. The number of carbonyl (C=O) groups is 1. The average Bonchev–Trinajstić information content (AvgIpc) is 3.46. The molecule has 0 aromatic rings. The van der Waals surface area contributed by atoms with Crippen LogP contribution in [0.2, 0.25) is 0 Å². The highest BCUT2D eigenvalue weighted by molar-refractivity contribution is 5.71. The Balaban J connectivity index is 1.34. The molecule has 3 aliphatic rings. The van der Waals surface area contributed by atoms with Crippen molar-refractivity contribution in [1.82, 2.24) is 0 Å². The summed E-state index contributed by atoms with van der Waals surface area (Å²) in [6.45, 7) is 6.22. The van der Waals surface area contributed by atoms with Crippen LogP contribution in [-0.2, 0) is 23.7 Å². The summed E-state index contributed by atoms with van der Waals surface area (Å²) in [5, 5.41) is 10.7. The van der Waals surface area contributed by atoms with Crippen LogP contribution in [0.5, 0.6) is 0 Å². The van der Waals surface area contributed by atoms with Gasteiger partial charge in [-0.1, -0.05) is 58.3 Å². The number of ether oxygens (including phenoxy) is 4. The van der Waals surface area contributed by atoms with E-state index in [1.807, 2.05) is 13.8 Å². The lowest BCUT2D eigenvalue weighted by Crippen LogP contribution is -2.32. The Morgan fingerprint density at radius 2 is 1.56 bits per heavy atom. The highest BCUT2D eigenvalue weighted by Gasteiger charge is 2.42. The largest absolute Gasteiger partial charge is 0.460 e. The van der Waals surface area contributed by atoms with Gasteiger partial charge < -0.3 is 24.1 Å². The summed E-state index contributed by atoms with van der Waals surface area (Å²) in [4.78, 5) is 11.4. The normalized spacial score (nSPS) is 33.0. The zero-order valence-electron chi connectivity index (χ0n) is 20.6. The Hall–Kier alpha value is -0.690. The second kappa shape index (κ2) is 12.7. The van der Waals surface area contributed by atoms with E-state index in [4.69, 9.17) is 18.9 Å². The molecule has 0 aromatic heterocycles. The molecule has 6 atom stereocenters. The second-order valence-corrected chi connectivity index (χ2v) is 10.5. The Labute approximate surface area is 194 Å². The van der Waals surface area contributed by atoms with E-state index in [2.05, 4.69) is 6.92 Å². The van der Waals surface area contributed by atoms with Crippen LogP contribution in [-0.4, -0.2) is 53.5 Å². The number of rotatable bonds is 14. The number of aliphatic hydroxyl groups excluding tert-OH is 1. The van der Waals surface area contributed by atoms with Gasteiger partial charge in [-0.25, -0.2) is 0 Å². The quantitative estimate of drug-likeness (QED) is 0.279. The third-order valence-electron chi connectivity index (χ3n) is 7.22. The molecule has 0 amide bonds. The van der Waals surface area contributed by atoms with E-state index in [0.717, 1.165) is 32.1 Å². The maximum atomic E-state index is 11.4. The SMILES string of the molecule is CCCCCCCCCC[C@@H]1OC(C)(C)O[C@@H]1CC[C@H](O)[C@H]1CC[C@H]([C@H]2CCC(=O)O2)O1. The van der Waals surface area contributed by atoms with E-state index in [-0.39, 0.29) is 36.5 Å². The molecule has 6 nitrogen and oxygen atoms in total. The summed E-state index contributed by atoms with van der Waals surface area (Å²) >= 11 is 0. The first kappa shape index (κ1) is 25.9. The zero-order chi connectivity index (χ0) is 23.0. The molecule has 0 spiro atoms. The molecule has 3 heterocycles. The van der Waals surface area contributed by atoms with Crippen LogP contribution in [0.25, 0.3) is 0 Å².